The van der Waals surface area contributed by atoms with Crippen LogP contribution in [0.4, 0.5) is 0 Å². The predicted octanol–water partition coefficient (Wildman–Crippen LogP) is 1.58. The van der Waals surface area contributed by atoms with E-state index >= 15 is 0 Å². The fourth-order valence-corrected chi connectivity index (χ4v) is 1.62. The highest BCUT2D eigenvalue weighted by Gasteiger charge is 2.45. The van der Waals surface area contributed by atoms with Gasteiger partial charge in [0.05, 0.1) is 0 Å². The van der Waals surface area contributed by atoms with Gasteiger partial charge in [0.25, 0.3) is 11.9 Å². The van der Waals surface area contributed by atoms with E-state index in [0.717, 1.165) is 5.56 Å². The van der Waals surface area contributed by atoms with Crippen LogP contribution in [-0.4, -0.2) is 23.8 Å². The monoisotopic (exact) mass is 250 g/mol. The first kappa shape index (κ1) is 12.4. The van der Waals surface area contributed by atoms with Crippen LogP contribution in [0.5, 0.6) is 5.75 Å². The lowest BCUT2D eigenvalue weighted by atomic mass is 10.2. The number of esters is 2. The molecule has 1 fully saturated rings. The molecule has 5 nitrogen and oxygen atoms in total. The molecule has 0 aromatic heterocycles. The highest BCUT2D eigenvalue weighted by molar-refractivity contribution is 6.00. The van der Waals surface area contributed by atoms with Gasteiger partial charge in [0.2, 0.25) is 0 Å². The van der Waals surface area contributed by atoms with E-state index in [1.807, 2.05) is 19.1 Å². The summed E-state index contributed by atoms with van der Waals surface area (Å²) in [6.07, 6.45) is -1.36. The molecule has 18 heavy (non-hydrogen) atoms. The number of rotatable bonds is 2. The normalized spacial score (nSPS) is 19.1. The van der Waals surface area contributed by atoms with Gasteiger partial charge in [0.15, 0.2) is 0 Å². The van der Waals surface area contributed by atoms with Gasteiger partial charge in [0, 0.05) is 13.8 Å². The number of para-hydroxylation sites is 1. The largest absolute Gasteiger partial charge is 0.467 e. The molecule has 1 aliphatic heterocycles. The van der Waals surface area contributed by atoms with Crippen molar-refractivity contribution < 1.29 is 23.8 Å². The van der Waals surface area contributed by atoms with Crippen LogP contribution < -0.4 is 4.74 Å². The lowest BCUT2D eigenvalue weighted by molar-refractivity contribution is -0.243. The Morgan fingerprint density at radius 3 is 2.22 bits per heavy atom. The second kappa shape index (κ2) is 4.33. The average molecular weight is 250 g/mol. The fraction of sp³-hybridized carbons (Fsp3) is 0.385. The van der Waals surface area contributed by atoms with Gasteiger partial charge in [-0.1, -0.05) is 18.2 Å². The van der Waals surface area contributed by atoms with Crippen molar-refractivity contribution >= 4 is 11.9 Å². The first-order valence-electron chi connectivity index (χ1n) is 5.57. The number of carbonyl (C=O) groups excluding carboxylic acids is 2. The van der Waals surface area contributed by atoms with E-state index in [1.54, 1.807) is 12.1 Å². The Labute approximate surface area is 105 Å². The number of benzene rings is 1. The number of cyclic esters (lactones) is 2. The van der Waals surface area contributed by atoms with Gasteiger partial charge >= 0.3 is 11.9 Å². The Hall–Kier alpha value is -2.04. The topological polar surface area (TPSA) is 61.8 Å². The van der Waals surface area contributed by atoms with Crippen LogP contribution in [0, 0.1) is 6.92 Å². The van der Waals surface area contributed by atoms with Crippen molar-refractivity contribution in [1.82, 2.24) is 0 Å². The standard InChI is InChI=1S/C13H14O5/c1-8-6-4-5-7-9(8)16-10-11(14)17-13(2,3)18-12(10)15/h4-7,10H,1-3H3. The summed E-state index contributed by atoms with van der Waals surface area (Å²) in [5.74, 6) is -2.25. The molecule has 0 saturated carbocycles. The van der Waals surface area contributed by atoms with Crippen LogP contribution in [-0.2, 0) is 19.1 Å². The predicted molar refractivity (Wildman–Crippen MR) is 61.9 cm³/mol. The zero-order valence-corrected chi connectivity index (χ0v) is 10.4. The van der Waals surface area contributed by atoms with Gasteiger partial charge in [-0.25, -0.2) is 9.59 Å². The number of hydrogen-bond acceptors (Lipinski definition) is 5. The van der Waals surface area contributed by atoms with Crippen LogP contribution in [0.15, 0.2) is 24.3 Å². The lowest BCUT2D eigenvalue weighted by Crippen LogP contribution is -2.51. The maximum absolute atomic E-state index is 11.7. The lowest BCUT2D eigenvalue weighted by Gasteiger charge is -2.32. The molecular formula is C13H14O5. The maximum atomic E-state index is 11.7. The van der Waals surface area contributed by atoms with Crippen LogP contribution in [0.1, 0.15) is 19.4 Å². The molecule has 0 spiro atoms. The highest BCUT2D eigenvalue weighted by Crippen LogP contribution is 2.24. The van der Waals surface area contributed by atoms with Crippen molar-refractivity contribution in [3.05, 3.63) is 29.8 Å². The first-order valence-corrected chi connectivity index (χ1v) is 5.57. The number of aryl methyl sites for hydroxylation is 1. The van der Waals surface area contributed by atoms with Gasteiger partial charge in [-0.05, 0) is 18.6 Å². The number of hydrogen-bond donors (Lipinski definition) is 0. The average Bonchev–Trinajstić information content (AvgIpc) is 2.24. The molecule has 1 saturated heterocycles. The van der Waals surface area contributed by atoms with Crippen molar-refractivity contribution in [3.8, 4) is 5.75 Å². The second-order valence-electron chi connectivity index (χ2n) is 4.51. The Morgan fingerprint density at radius 1 is 1.11 bits per heavy atom. The first-order chi connectivity index (χ1) is 8.39. The summed E-state index contributed by atoms with van der Waals surface area (Å²) in [5.41, 5.74) is 0.822. The molecular weight excluding hydrogens is 236 g/mol. The summed E-state index contributed by atoms with van der Waals surface area (Å²) in [6, 6.07) is 7.09. The molecule has 0 atom stereocenters. The van der Waals surface area contributed by atoms with E-state index in [2.05, 4.69) is 0 Å². The van der Waals surface area contributed by atoms with Gasteiger partial charge < -0.3 is 14.2 Å². The molecule has 0 amide bonds. The third kappa shape index (κ3) is 2.45. The molecule has 1 aliphatic rings. The van der Waals surface area contributed by atoms with Crippen molar-refractivity contribution in [2.24, 2.45) is 0 Å². The van der Waals surface area contributed by atoms with Crippen LogP contribution >= 0.6 is 0 Å². The van der Waals surface area contributed by atoms with Gasteiger partial charge in [-0.15, -0.1) is 0 Å². The van der Waals surface area contributed by atoms with Crippen LogP contribution in [0.25, 0.3) is 0 Å². The minimum atomic E-state index is -1.36. The smallest absolute Gasteiger partial charge is 0.362 e. The summed E-state index contributed by atoms with van der Waals surface area (Å²) in [5, 5.41) is 0. The fourth-order valence-electron chi connectivity index (χ4n) is 1.62. The zero-order valence-electron chi connectivity index (χ0n) is 10.4. The molecule has 2 rings (SSSR count). The quantitative estimate of drug-likeness (QED) is 0.589. The van der Waals surface area contributed by atoms with Gasteiger partial charge in [-0.2, -0.15) is 0 Å². The molecule has 0 unspecified atom stereocenters. The minimum Gasteiger partial charge on any atom is -0.467 e. The molecule has 96 valence electrons. The van der Waals surface area contributed by atoms with E-state index in [1.165, 1.54) is 13.8 Å². The third-order valence-electron chi connectivity index (χ3n) is 2.46. The molecule has 5 heteroatoms. The Balaban J connectivity index is 2.18. The molecule has 1 aromatic carbocycles. The Kier molecular flexibility index (Phi) is 2.98. The van der Waals surface area contributed by atoms with Crippen molar-refractivity contribution in [2.75, 3.05) is 0 Å². The molecule has 1 heterocycles. The van der Waals surface area contributed by atoms with E-state index in [-0.39, 0.29) is 0 Å². The molecule has 1 aromatic rings. The highest BCUT2D eigenvalue weighted by atomic mass is 16.8. The minimum absolute atomic E-state index is 0.455. The summed E-state index contributed by atoms with van der Waals surface area (Å²) in [4.78, 5) is 23.4. The molecule has 0 aliphatic carbocycles. The Morgan fingerprint density at radius 2 is 1.67 bits per heavy atom. The van der Waals surface area contributed by atoms with Gasteiger partial charge in [0.1, 0.15) is 5.75 Å². The molecule has 0 bridgehead atoms. The third-order valence-corrected chi connectivity index (χ3v) is 2.46. The van der Waals surface area contributed by atoms with Crippen molar-refractivity contribution in [2.45, 2.75) is 32.7 Å². The van der Waals surface area contributed by atoms with Gasteiger partial charge in [-0.3, -0.25) is 0 Å². The van der Waals surface area contributed by atoms with E-state index < -0.39 is 23.8 Å². The Bertz CT molecular complexity index is 472. The number of carbonyl (C=O) groups is 2. The number of ether oxygens (including phenoxy) is 3. The summed E-state index contributed by atoms with van der Waals surface area (Å²) < 4.78 is 15.3. The zero-order chi connectivity index (χ0) is 13.3. The maximum Gasteiger partial charge on any atom is 0.362 e. The van der Waals surface area contributed by atoms with Crippen molar-refractivity contribution in [3.63, 3.8) is 0 Å². The van der Waals surface area contributed by atoms with Crippen molar-refractivity contribution in [1.29, 1.82) is 0 Å². The van der Waals surface area contributed by atoms with E-state index in [9.17, 15) is 9.59 Å². The molecule has 0 N–H and O–H groups in total. The van der Waals surface area contributed by atoms with Crippen LogP contribution in [0.3, 0.4) is 0 Å². The molecule has 0 radical (unpaired) electrons. The summed E-state index contributed by atoms with van der Waals surface area (Å²) in [6.45, 7) is 4.80. The van der Waals surface area contributed by atoms with E-state index in [0.29, 0.717) is 5.75 Å². The summed E-state index contributed by atoms with van der Waals surface area (Å²) in [7, 11) is 0. The van der Waals surface area contributed by atoms with E-state index in [4.69, 9.17) is 14.2 Å². The van der Waals surface area contributed by atoms with Crippen LogP contribution in [0.2, 0.25) is 0 Å². The summed E-state index contributed by atoms with van der Waals surface area (Å²) >= 11 is 0. The SMILES string of the molecule is Cc1ccccc1OC1C(=O)OC(C)(C)OC1=O. The second-order valence-corrected chi connectivity index (χ2v) is 4.51.